The van der Waals surface area contributed by atoms with Crippen LogP contribution in [0.1, 0.15) is 35.8 Å². The van der Waals surface area contributed by atoms with Crippen LogP contribution in [-0.2, 0) is 6.54 Å². The molecule has 1 atom stereocenters. The van der Waals surface area contributed by atoms with Gasteiger partial charge < -0.3 is 9.47 Å². The maximum atomic E-state index is 5.19. The Bertz CT molecular complexity index is 660. The second kappa shape index (κ2) is 6.91. The molecule has 0 unspecified atom stereocenters. The first-order valence-electron chi connectivity index (χ1n) is 7.81. The van der Waals surface area contributed by atoms with Crippen molar-refractivity contribution < 1.29 is 9.47 Å². The van der Waals surface area contributed by atoms with Gasteiger partial charge in [-0.05, 0) is 38.4 Å². The number of aryl methyl sites for hydroxylation is 1. The van der Waals surface area contributed by atoms with Crippen LogP contribution in [-0.4, -0.2) is 40.6 Å². The van der Waals surface area contributed by atoms with Crippen LogP contribution in [0.4, 0.5) is 0 Å². The van der Waals surface area contributed by atoms with E-state index in [-0.39, 0.29) is 0 Å². The molecule has 0 spiro atoms. The number of pyridine rings is 1. The lowest BCUT2D eigenvalue weighted by atomic mass is 10.1. The molecular weight excluding hydrogens is 292 g/mol. The van der Waals surface area contributed by atoms with E-state index >= 15 is 0 Å². The number of hydrogen-bond acceptors (Lipinski definition) is 6. The fourth-order valence-corrected chi connectivity index (χ4v) is 3.00. The summed E-state index contributed by atoms with van der Waals surface area (Å²) in [7, 11) is 3.24. The van der Waals surface area contributed by atoms with Crippen molar-refractivity contribution in [2.75, 3.05) is 20.8 Å². The number of ether oxygens (including phenoxy) is 2. The van der Waals surface area contributed by atoms with Crippen LogP contribution in [0.3, 0.4) is 0 Å². The van der Waals surface area contributed by atoms with E-state index in [1.165, 1.54) is 6.42 Å². The molecule has 122 valence electrons. The van der Waals surface area contributed by atoms with Gasteiger partial charge in [0, 0.05) is 24.0 Å². The summed E-state index contributed by atoms with van der Waals surface area (Å²) < 4.78 is 10.3. The van der Waals surface area contributed by atoms with Crippen LogP contribution in [0, 0.1) is 6.92 Å². The van der Waals surface area contributed by atoms with Gasteiger partial charge in [0.2, 0.25) is 0 Å². The molecule has 0 saturated carbocycles. The van der Waals surface area contributed by atoms with Gasteiger partial charge in [-0.3, -0.25) is 9.88 Å². The smallest absolute Gasteiger partial charge is 0.316 e. The maximum Gasteiger partial charge on any atom is 0.316 e. The molecule has 1 aliphatic heterocycles. The van der Waals surface area contributed by atoms with Crippen molar-refractivity contribution in [1.29, 1.82) is 0 Å². The third kappa shape index (κ3) is 3.42. The number of likely N-dealkylation sites (tertiary alicyclic amines) is 1. The quantitative estimate of drug-likeness (QED) is 0.845. The Morgan fingerprint density at radius 2 is 2.04 bits per heavy atom. The molecule has 1 saturated heterocycles. The molecular formula is C17H22N4O2. The summed E-state index contributed by atoms with van der Waals surface area (Å²) >= 11 is 0. The molecule has 6 heteroatoms. The summed E-state index contributed by atoms with van der Waals surface area (Å²) in [5, 5.41) is 0. The first-order chi connectivity index (χ1) is 11.2. The number of nitrogens with zero attached hydrogens (tertiary/aromatic N) is 4. The highest BCUT2D eigenvalue weighted by molar-refractivity contribution is 5.23. The Labute approximate surface area is 136 Å². The lowest BCUT2D eigenvalue weighted by Crippen LogP contribution is -2.24. The van der Waals surface area contributed by atoms with E-state index in [4.69, 9.17) is 9.47 Å². The molecule has 0 bridgehead atoms. The normalized spacial score (nSPS) is 18.1. The Kier molecular flexibility index (Phi) is 4.71. The van der Waals surface area contributed by atoms with E-state index in [0.717, 1.165) is 42.2 Å². The van der Waals surface area contributed by atoms with E-state index in [1.54, 1.807) is 20.4 Å². The highest BCUT2D eigenvalue weighted by Gasteiger charge is 2.27. The minimum atomic E-state index is 0.336. The molecule has 3 rings (SSSR count). The van der Waals surface area contributed by atoms with Crippen LogP contribution in [0.5, 0.6) is 11.8 Å². The van der Waals surface area contributed by atoms with E-state index < -0.39 is 0 Å². The molecule has 2 aromatic heterocycles. The summed E-state index contributed by atoms with van der Waals surface area (Å²) in [6.07, 6.45) is 5.94. The average molecular weight is 314 g/mol. The fraction of sp³-hybridized carbons (Fsp3) is 0.471. The van der Waals surface area contributed by atoms with E-state index in [9.17, 15) is 0 Å². The molecule has 0 aliphatic carbocycles. The molecule has 23 heavy (non-hydrogen) atoms. The van der Waals surface area contributed by atoms with Gasteiger partial charge >= 0.3 is 6.01 Å². The summed E-state index contributed by atoms with van der Waals surface area (Å²) in [6.45, 7) is 3.88. The predicted molar refractivity (Wildman–Crippen MR) is 86.5 cm³/mol. The zero-order chi connectivity index (χ0) is 16.2. The number of hydrogen-bond donors (Lipinski definition) is 0. The van der Waals surface area contributed by atoms with Crippen LogP contribution >= 0.6 is 0 Å². The van der Waals surface area contributed by atoms with Gasteiger partial charge in [-0.1, -0.05) is 0 Å². The third-order valence-electron chi connectivity index (χ3n) is 4.31. The molecule has 1 aliphatic rings. The topological polar surface area (TPSA) is 60.4 Å². The van der Waals surface area contributed by atoms with E-state index in [2.05, 4.69) is 25.9 Å². The number of methoxy groups -OCH3 is 2. The van der Waals surface area contributed by atoms with Crippen molar-refractivity contribution >= 4 is 0 Å². The second-order valence-electron chi connectivity index (χ2n) is 5.72. The Hall–Kier alpha value is -2.21. The van der Waals surface area contributed by atoms with Crippen LogP contribution < -0.4 is 9.47 Å². The van der Waals surface area contributed by atoms with Crippen LogP contribution in [0.25, 0.3) is 0 Å². The monoisotopic (exact) mass is 314 g/mol. The second-order valence-corrected chi connectivity index (χ2v) is 5.72. The SMILES string of the molecule is COc1ccc([C@@H]2CCCN2Cc2cnc(OC)nc2C)nc1. The summed E-state index contributed by atoms with van der Waals surface area (Å²) in [5.41, 5.74) is 3.19. The zero-order valence-electron chi connectivity index (χ0n) is 13.8. The van der Waals surface area contributed by atoms with Crippen LogP contribution in [0.2, 0.25) is 0 Å². The summed E-state index contributed by atoms with van der Waals surface area (Å²) in [5.74, 6) is 0.790. The zero-order valence-corrected chi connectivity index (χ0v) is 13.8. The molecule has 3 heterocycles. The molecule has 1 fully saturated rings. The highest BCUT2D eigenvalue weighted by atomic mass is 16.5. The minimum absolute atomic E-state index is 0.336. The standard InChI is InChI=1S/C17H22N4O2/c1-12-13(9-19-17(20-12)23-3)11-21-8-4-5-16(21)15-7-6-14(22-2)10-18-15/h6-7,9-10,16H,4-5,8,11H2,1-3H3/t16-/m0/s1. The van der Waals surface area contributed by atoms with Gasteiger partial charge in [0.15, 0.2) is 0 Å². The first-order valence-corrected chi connectivity index (χ1v) is 7.81. The highest BCUT2D eigenvalue weighted by Crippen LogP contribution is 2.32. The number of aromatic nitrogens is 3. The van der Waals surface area contributed by atoms with Gasteiger partial charge in [-0.2, -0.15) is 0 Å². The van der Waals surface area contributed by atoms with E-state index in [0.29, 0.717) is 12.1 Å². The van der Waals surface area contributed by atoms with Gasteiger partial charge in [-0.25, -0.2) is 9.97 Å². The molecule has 6 nitrogen and oxygen atoms in total. The van der Waals surface area contributed by atoms with Gasteiger partial charge in [0.25, 0.3) is 0 Å². The van der Waals surface area contributed by atoms with Gasteiger partial charge in [0.1, 0.15) is 5.75 Å². The first kappa shape index (κ1) is 15.7. The maximum absolute atomic E-state index is 5.19. The summed E-state index contributed by atoms with van der Waals surface area (Å²) in [4.78, 5) is 15.6. The van der Waals surface area contributed by atoms with Crippen molar-refractivity contribution in [2.24, 2.45) is 0 Å². The average Bonchev–Trinajstić information content (AvgIpc) is 3.05. The van der Waals surface area contributed by atoms with Crippen molar-refractivity contribution in [3.63, 3.8) is 0 Å². The third-order valence-corrected chi connectivity index (χ3v) is 4.31. The van der Waals surface area contributed by atoms with Gasteiger partial charge in [-0.15, -0.1) is 0 Å². The lowest BCUT2D eigenvalue weighted by molar-refractivity contribution is 0.242. The molecule has 0 N–H and O–H groups in total. The van der Waals surface area contributed by atoms with Gasteiger partial charge in [0.05, 0.1) is 32.2 Å². The molecule has 0 radical (unpaired) electrons. The lowest BCUT2D eigenvalue weighted by Gasteiger charge is -2.24. The Balaban J connectivity index is 1.76. The van der Waals surface area contributed by atoms with Crippen molar-refractivity contribution in [1.82, 2.24) is 19.9 Å². The Morgan fingerprint density at radius 3 is 2.70 bits per heavy atom. The van der Waals surface area contributed by atoms with Crippen molar-refractivity contribution in [3.05, 3.63) is 41.5 Å². The number of rotatable bonds is 5. The van der Waals surface area contributed by atoms with E-state index in [1.807, 2.05) is 19.2 Å². The Morgan fingerprint density at radius 1 is 1.17 bits per heavy atom. The molecule has 0 aromatic carbocycles. The predicted octanol–water partition coefficient (Wildman–Crippen LogP) is 2.53. The van der Waals surface area contributed by atoms with Crippen molar-refractivity contribution in [3.8, 4) is 11.8 Å². The largest absolute Gasteiger partial charge is 0.495 e. The molecule has 2 aromatic rings. The van der Waals surface area contributed by atoms with Crippen molar-refractivity contribution in [2.45, 2.75) is 32.4 Å². The summed E-state index contributed by atoms with van der Waals surface area (Å²) in [6, 6.07) is 4.78. The fourth-order valence-electron chi connectivity index (χ4n) is 3.00. The van der Waals surface area contributed by atoms with Crippen LogP contribution in [0.15, 0.2) is 24.5 Å². The minimum Gasteiger partial charge on any atom is -0.495 e. The molecule has 0 amide bonds.